The van der Waals surface area contributed by atoms with Crippen LogP contribution in [0.1, 0.15) is 24.1 Å². The van der Waals surface area contributed by atoms with Gasteiger partial charge in [-0.2, -0.15) is 0 Å². The molecule has 0 aromatic carbocycles. The lowest BCUT2D eigenvalue weighted by Crippen LogP contribution is -2.53. The Morgan fingerprint density at radius 1 is 1.45 bits per heavy atom. The van der Waals surface area contributed by atoms with Crippen molar-refractivity contribution < 1.29 is 14.3 Å². The zero-order chi connectivity index (χ0) is 14.0. The molecule has 2 aliphatic heterocycles. The minimum Gasteiger partial charge on any atom is -0.367 e. The van der Waals surface area contributed by atoms with Crippen molar-refractivity contribution in [2.24, 2.45) is 0 Å². The van der Waals surface area contributed by atoms with Crippen LogP contribution in [0.2, 0.25) is 0 Å². The molecule has 2 saturated heterocycles. The van der Waals surface area contributed by atoms with Crippen LogP contribution in [0, 0.1) is 0 Å². The minimum atomic E-state index is -0.589. The molecule has 1 spiro atoms. The fraction of sp³-hybridized carbons (Fsp3) is 0.467. The summed E-state index contributed by atoms with van der Waals surface area (Å²) in [7, 11) is 0. The maximum Gasteiger partial charge on any atom is 0.247 e. The third kappa shape index (κ3) is 2.55. The van der Waals surface area contributed by atoms with E-state index in [2.05, 4.69) is 0 Å². The lowest BCUT2D eigenvalue weighted by atomic mass is 9.87. The molecule has 0 N–H and O–H groups in total. The summed E-state index contributed by atoms with van der Waals surface area (Å²) in [5.74, 6) is -0.0429. The second-order valence-corrected chi connectivity index (χ2v) is 6.21. The maximum atomic E-state index is 12.2. The molecule has 1 amide bonds. The number of ketones is 1. The average molecular weight is 291 g/mol. The molecule has 3 rings (SSSR count). The molecule has 2 fully saturated rings. The van der Waals surface area contributed by atoms with E-state index < -0.39 is 5.60 Å². The number of amides is 1. The van der Waals surface area contributed by atoms with Gasteiger partial charge in [0.05, 0.1) is 6.54 Å². The predicted octanol–water partition coefficient (Wildman–Crippen LogP) is 2.11. The maximum absolute atomic E-state index is 12.2. The van der Waals surface area contributed by atoms with Crippen LogP contribution in [0.25, 0.3) is 6.08 Å². The molecule has 2 aliphatic rings. The summed E-state index contributed by atoms with van der Waals surface area (Å²) in [5, 5.41) is 1.97. The number of nitrogens with zero attached hydrogens (tertiary/aromatic N) is 1. The van der Waals surface area contributed by atoms with Crippen molar-refractivity contribution in [3.05, 3.63) is 28.5 Å². The molecule has 0 saturated carbocycles. The highest BCUT2D eigenvalue weighted by molar-refractivity contribution is 7.10. The van der Waals surface area contributed by atoms with Gasteiger partial charge in [0.1, 0.15) is 5.60 Å². The van der Waals surface area contributed by atoms with Crippen molar-refractivity contribution in [3.63, 3.8) is 0 Å². The van der Waals surface area contributed by atoms with Crippen LogP contribution in [0.3, 0.4) is 0 Å². The Hall–Kier alpha value is -1.46. The molecule has 3 heterocycles. The first-order valence-electron chi connectivity index (χ1n) is 6.87. The van der Waals surface area contributed by atoms with Crippen molar-refractivity contribution >= 4 is 29.1 Å². The Kier molecular flexibility index (Phi) is 3.72. The number of ether oxygens (including phenoxy) is 1. The van der Waals surface area contributed by atoms with Gasteiger partial charge in [0.2, 0.25) is 5.91 Å². The predicted molar refractivity (Wildman–Crippen MR) is 77.5 cm³/mol. The lowest BCUT2D eigenvalue weighted by molar-refractivity contribution is -0.151. The molecule has 5 heteroatoms. The van der Waals surface area contributed by atoms with E-state index in [1.807, 2.05) is 17.5 Å². The number of carbonyl (C=O) groups is 2. The second-order valence-electron chi connectivity index (χ2n) is 5.23. The number of rotatable bonds is 2. The van der Waals surface area contributed by atoms with E-state index in [0.29, 0.717) is 19.6 Å². The Labute approximate surface area is 122 Å². The van der Waals surface area contributed by atoms with E-state index in [0.717, 1.165) is 17.7 Å². The number of hydrogen-bond donors (Lipinski definition) is 0. The van der Waals surface area contributed by atoms with Gasteiger partial charge in [0, 0.05) is 30.5 Å². The van der Waals surface area contributed by atoms with Crippen LogP contribution >= 0.6 is 11.3 Å². The third-order valence-corrected chi connectivity index (χ3v) is 4.81. The normalized spacial score (nSPS) is 26.8. The summed E-state index contributed by atoms with van der Waals surface area (Å²) < 4.78 is 5.64. The highest BCUT2D eigenvalue weighted by atomic mass is 32.1. The van der Waals surface area contributed by atoms with E-state index in [4.69, 9.17) is 4.74 Å². The molecule has 1 aromatic rings. The molecule has 20 heavy (non-hydrogen) atoms. The second kappa shape index (κ2) is 5.50. The zero-order valence-electron chi connectivity index (χ0n) is 11.2. The molecule has 0 unspecified atom stereocenters. The first kappa shape index (κ1) is 13.5. The first-order valence-corrected chi connectivity index (χ1v) is 7.75. The Bertz CT molecular complexity index is 529. The van der Waals surface area contributed by atoms with E-state index >= 15 is 0 Å². The Morgan fingerprint density at radius 3 is 3.00 bits per heavy atom. The zero-order valence-corrected chi connectivity index (χ0v) is 12.0. The number of likely N-dealkylation sites (tertiary alicyclic amines) is 1. The van der Waals surface area contributed by atoms with Crippen molar-refractivity contribution in [3.8, 4) is 0 Å². The van der Waals surface area contributed by atoms with Crippen LogP contribution < -0.4 is 0 Å². The summed E-state index contributed by atoms with van der Waals surface area (Å²) >= 11 is 1.58. The van der Waals surface area contributed by atoms with Gasteiger partial charge in [0.15, 0.2) is 5.78 Å². The highest BCUT2D eigenvalue weighted by Gasteiger charge is 2.46. The topological polar surface area (TPSA) is 46.6 Å². The Morgan fingerprint density at radius 2 is 2.35 bits per heavy atom. The molecule has 0 aliphatic carbocycles. The van der Waals surface area contributed by atoms with Gasteiger partial charge in [-0.05, 0) is 30.4 Å². The summed E-state index contributed by atoms with van der Waals surface area (Å²) in [5.41, 5.74) is -0.589. The lowest BCUT2D eigenvalue weighted by Gasteiger charge is -2.36. The van der Waals surface area contributed by atoms with E-state index in [9.17, 15) is 9.59 Å². The average Bonchev–Trinajstić information content (AvgIpc) is 3.11. The molecule has 1 atom stereocenters. The van der Waals surface area contributed by atoms with Crippen LogP contribution in [0.15, 0.2) is 23.6 Å². The van der Waals surface area contributed by atoms with Crippen LogP contribution in [-0.4, -0.2) is 41.9 Å². The van der Waals surface area contributed by atoms with Gasteiger partial charge in [-0.1, -0.05) is 6.07 Å². The summed E-state index contributed by atoms with van der Waals surface area (Å²) in [6, 6.07) is 3.90. The Balaban J connectivity index is 1.62. The third-order valence-electron chi connectivity index (χ3n) is 3.98. The summed E-state index contributed by atoms with van der Waals surface area (Å²) in [4.78, 5) is 27.0. The first-order chi connectivity index (χ1) is 9.70. The molecule has 4 nitrogen and oxygen atoms in total. The molecule has 106 valence electrons. The van der Waals surface area contributed by atoms with Crippen LogP contribution in [0.4, 0.5) is 0 Å². The van der Waals surface area contributed by atoms with Gasteiger partial charge in [-0.25, -0.2) is 0 Å². The quantitative estimate of drug-likeness (QED) is 0.784. The van der Waals surface area contributed by atoms with Gasteiger partial charge >= 0.3 is 0 Å². The largest absolute Gasteiger partial charge is 0.367 e. The number of thiophene rings is 1. The van der Waals surface area contributed by atoms with Crippen LogP contribution in [-0.2, 0) is 14.3 Å². The fourth-order valence-electron chi connectivity index (χ4n) is 2.80. The van der Waals surface area contributed by atoms with Crippen LogP contribution in [0.5, 0.6) is 0 Å². The highest BCUT2D eigenvalue weighted by Crippen LogP contribution is 2.33. The fourth-order valence-corrected chi connectivity index (χ4v) is 3.42. The number of piperidine rings is 1. The SMILES string of the molecule is O=C(/C=C/c1cccs1)N1CC[C@]2(CCCO2)C(=O)C1. The molecular formula is C15H17NO3S. The molecule has 0 radical (unpaired) electrons. The van der Waals surface area contributed by atoms with E-state index in [1.165, 1.54) is 0 Å². The van der Waals surface area contributed by atoms with E-state index in [-0.39, 0.29) is 18.2 Å². The van der Waals surface area contributed by atoms with Gasteiger partial charge in [-0.15, -0.1) is 11.3 Å². The monoisotopic (exact) mass is 291 g/mol. The number of carbonyl (C=O) groups excluding carboxylic acids is 2. The van der Waals surface area contributed by atoms with E-state index in [1.54, 1.807) is 28.4 Å². The summed E-state index contributed by atoms with van der Waals surface area (Å²) in [6.45, 7) is 1.44. The molecule has 1 aromatic heterocycles. The van der Waals surface area contributed by atoms with Gasteiger partial charge in [0.25, 0.3) is 0 Å². The smallest absolute Gasteiger partial charge is 0.247 e. The standard InChI is InChI=1S/C15H17NO3S/c17-13-11-16(8-7-15(13)6-2-9-19-15)14(18)5-4-12-3-1-10-20-12/h1,3-5,10H,2,6-9,11H2/b5-4+/t15-/m1/s1. The minimum absolute atomic E-state index is 0.0547. The van der Waals surface area contributed by atoms with Crippen molar-refractivity contribution in [1.29, 1.82) is 0 Å². The summed E-state index contributed by atoms with van der Waals surface area (Å²) in [6.07, 6.45) is 5.72. The molecular weight excluding hydrogens is 274 g/mol. The van der Waals surface area contributed by atoms with Gasteiger partial charge < -0.3 is 9.64 Å². The number of Topliss-reactive ketones (excluding diaryl/α,β-unsaturated/α-hetero) is 1. The van der Waals surface area contributed by atoms with Crippen molar-refractivity contribution in [2.45, 2.75) is 24.9 Å². The molecule has 0 bridgehead atoms. The number of hydrogen-bond acceptors (Lipinski definition) is 4. The van der Waals surface area contributed by atoms with Crippen molar-refractivity contribution in [1.82, 2.24) is 4.90 Å². The van der Waals surface area contributed by atoms with Crippen molar-refractivity contribution in [2.75, 3.05) is 19.7 Å². The van der Waals surface area contributed by atoms with Gasteiger partial charge in [-0.3, -0.25) is 9.59 Å².